The summed E-state index contributed by atoms with van der Waals surface area (Å²) in [5.74, 6) is 0.263. The van der Waals surface area contributed by atoms with Crippen LogP contribution in [0.2, 0.25) is 0 Å². The minimum Gasteiger partial charge on any atom is -0.488 e. The minimum absolute atomic E-state index is 0.00542. The van der Waals surface area contributed by atoms with Gasteiger partial charge in [0.25, 0.3) is 10.9 Å². The molecule has 0 aliphatic carbocycles. The first-order valence-corrected chi connectivity index (χ1v) is 8.67. The second-order valence-corrected chi connectivity index (χ2v) is 6.26. The molecule has 2 aromatic carbocycles. The zero-order valence-electron chi connectivity index (χ0n) is 14.9. The SMILES string of the molecule is CCOc1c(Nc2ccc(OC3OC(CO)C(O)[C@H](O)[C@H]3O)cc2)c(=O)c1=O. The fraction of sp³-hybridized carbons (Fsp3) is 0.444. The molecule has 3 unspecified atom stereocenters. The predicted molar refractivity (Wildman–Crippen MR) is 96.6 cm³/mol. The van der Waals surface area contributed by atoms with Crippen molar-refractivity contribution in [2.45, 2.75) is 37.6 Å². The number of nitrogens with one attached hydrogen (secondary N) is 1. The van der Waals surface area contributed by atoms with Crippen molar-refractivity contribution in [3.05, 3.63) is 44.7 Å². The molecule has 5 atom stereocenters. The van der Waals surface area contributed by atoms with Crippen LogP contribution in [0.3, 0.4) is 0 Å². The number of anilines is 2. The minimum atomic E-state index is -1.54. The summed E-state index contributed by atoms with van der Waals surface area (Å²) in [6.07, 6.45) is -6.90. The summed E-state index contributed by atoms with van der Waals surface area (Å²) in [4.78, 5) is 23.1. The third-order valence-electron chi connectivity index (χ3n) is 4.38. The first-order valence-electron chi connectivity index (χ1n) is 8.67. The molecule has 28 heavy (non-hydrogen) atoms. The van der Waals surface area contributed by atoms with Gasteiger partial charge in [-0.2, -0.15) is 0 Å². The van der Waals surface area contributed by atoms with Crippen molar-refractivity contribution in [2.24, 2.45) is 0 Å². The largest absolute Gasteiger partial charge is 0.488 e. The van der Waals surface area contributed by atoms with Crippen LogP contribution in [0.25, 0.3) is 0 Å². The van der Waals surface area contributed by atoms with Crippen molar-refractivity contribution >= 4 is 11.4 Å². The lowest BCUT2D eigenvalue weighted by Crippen LogP contribution is -2.60. The quantitative estimate of drug-likeness (QED) is 0.354. The number of aliphatic hydroxyl groups is 4. The van der Waals surface area contributed by atoms with E-state index in [1.807, 2.05) is 0 Å². The maximum atomic E-state index is 11.6. The highest BCUT2D eigenvalue weighted by Gasteiger charge is 2.44. The third-order valence-corrected chi connectivity index (χ3v) is 4.38. The number of aliphatic hydroxyl groups excluding tert-OH is 4. The Morgan fingerprint density at radius 2 is 1.71 bits per heavy atom. The fourth-order valence-electron chi connectivity index (χ4n) is 2.83. The Labute approximate surface area is 159 Å². The molecule has 1 saturated heterocycles. The van der Waals surface area contributed by atoms with Gasteiger partial charge in [-0.05, 0) is 31.2 Å². The third kappa shape index (κ3) is 3.73. The zero-order chi connectivity index (χ0) is 20.4. The molecule has 1 aliphatic rings. The molecule has 10 heteroatoms. The van der Waals surface area contributed by atoms with Crippen molar-refractivity contribution in [2.75, 3.05) is 18.5 Å². The molecular weight excluding hydrogens is 374 g/mol. The van der Waals surface area contributed by atoms with Gasteiger partial charge in [-0.3, -0.25) is 9.59 Å². The topological polar surface area (TPSA) is 155 Å². The van der Waals surface area contributed by atoms with Gasteiger partial charge in [0.15, 0.2) is 5.75 Å². The maximum absolute atomic E-state index is 11.6. The normalized spacial score (nSPS) is 27.5. The molecule has 0 spiro atoms. The number of rotatable bonds is 7. The molecule has 2 aromatic rings. The highest BCUT2D eigenvalue weighted by atomic mass is 16.7. The first kappa shape index (κ1) is 20.2. The number of benzene rings is 1. The Morgan fingerprint density at radius 1 is 1.04 bits per heavy atom. The second kappa shape index (κ2) is 8.25. The van der Waals surface area contributed by atoms with Crippen LogP contribution in [0.1, 0.15) is 6.92 Å². The lowest BCUT2D eigenvalue weighted by atomic mass is 9.99. The number of hydrogen-bond acceptors (Lipinski definition) is 10. The van der Waals surface area contributed by atoms with Gasteiger partial charge < -0.3 is 40.0 Å². The van der Waals surface area contributed by atoms with Gasteiger partial charge in [0.1, 0.15) is 35.9 Å². The van der Waals surface area contributed by atoms with Crippen LogP contribution in [-0.4, -0.2) is 64.3 Å². The van der Waals surface area contributed by atoms with Crippen molar-refractivity contribution in [3.8, 4) is 11.5 Å². The van der Waals surface area contributed by atoms with Crippen LogP contribution in [0.15, 0.2) is 33.9 Å². The van der Waals surface area contributed by atoms with Crippen molar-refractivity contribution in [3.63, 3.8) is 0 Å². The van der Waals surface area contributed by atoms with E-state index in [4.69, 9.17) is 14.2 Å². The Bertz CT molecular complexity index is 872. The molecule has 3 rings (SSSR count). The Balaban J connectivity index is 1.67. The average Bonchev–Trinajstić information content (AvgIpc) is 2.71. The molecule has 1 fully saturated rings. The fourth-order valence-corrected chi connectivity index (χ4v) is 2.83. The summed E-state index contributed by atoms with van der Waals surface area (Å²) in [7, 11) is 0. The molecular formula is C18H21NO9. The van der Waals surface area contributed by atoms with Crippen LogP contribution in [0, 0.1) is 0 Å². The number of hydrogen-bond donors (Lipinski definition) is 5. The monoisotopic (exact) mass is 395 g/mol. The molecule has 0 amide bonds. The van der Waals surface area contributed by atoms with Gasteiger partial charge in [-0.1, -0.05) is 0 Å². The summed E-state index contributed by atoms with van der Waals surface area (Å²) < 4.78 is 15.9. The van der Waals surface area contributed by atoms with Crippen molar-refractivity contribution in [1.29, 1.82) is 0 Å². The molecule has 5 N–H and O–H groups in total. The van der Waals surface area contributed by atoms with Gasteiger partial charge in [0.2, 0.25) is 6.29 Å². The first-order chi connectivity index (χ1) is 13.4. The molecule has 1 heterocycles. The van der Waals surface area contributed by atoms with Crippen molar-refractivity contribution < 1.29 is 34.6 Å². The van der Waals surface area contributed by atoms with E-state index in [1.165, 1.54) is 12.1 Å². The predicted octanol–water partition coefficient (Wildman–Crippen LogP) is -1.40. The smallest absolute Gasteiger partial charge is 0.272 e. The maximum Gasteiger partial charge on any atom is 0.272 e. The molecule has 1 aliphatic heterocycles. The van der Waals surface area contributed by atoms with E-state index < -0.39 is 48.2 Å². The zero-order valence-corrected chi connectivity index (χ0v) is 14.9. The molecule has 152 valence electrons. The van der Waals surface area contributed by atoms with Crippen LogP contribution >= 0.6 is 0 Å². The van der Waals surface area contributed by atoms with E-state index in [1.54, 1.807) is 19.1 Å². The van der Waals surface area contributed by atoms with Crippen LogP contribution in [0.4, 0.5) is 11.4 Å². The van der Waals surface area contributed by atoms with Gasteiger partial charge >= 0.3 is 0 Å². The molecule has 0 aromatic heterocycles. The van der Waals surface area contributed by atoms with E-state index >= 15 is 0 Å². The van der Waals surface area contributed by atoms with Gasteiger partial charge in [0.05, 0.1) is 13.2 Å². The lowest BCUT2D eigenvalue weighted by molar-refractivity contribution is -0.277. The molecule has 0 bridgehead atoms. The van der Waals surface area contributed by atoms with Crippen molar-refractivity contribution in [1.82, 2.24) is 0 Å². The van der Waals surface area contributed by atoms with Gasteiger partial charge in [-0.25, -0.2) is 0 Å². The summed E-state index contributed by atoms with van der Waals surface area (Å²) in [5, 5.41) is 41.5. The lowest BCUT2D eigenvalue weighted by Gasteiger charge is -2.39. The van der Waals surface area contributed by atoms with Crippen LogP contribution in [0.5, 0.6) is 11.5 Å². The average molecular weight is 395 g/mol. The van der Waals surface area contributed by atoms with Crippen LogP contribution < -0.4 is 25.6 Å². The second-order valence-electron chi connectivity index (χ2n) is 6.26. The van der Waals surface area contributed by atoms with Gasteiger partial charge in [0, 0.05) is 5.69 Å². The van der Waals surface area contributed by atoms with Crippen LogP contribution in [-0.2, 0) is 4.74 Å². The summed E-state index contributed by atoms with van der Waals surface area (Å²) in [6.45, 7) is 1.40. The summed E-state index contributed by atoms with van der Waals surface area (Å²) >= 11 is 0. The number of ether oxygens (including phenoxy) is 3. The van der Waals surface area contributed by atoms with E-state index in [-0.39, 0.29) is 23.8 Å². The highest BCUT2D eigenvalue weighted by Crippen LogP contribution is 2.27. The van der Waals surface area contributed by atoms with E-state index in [0.29, 0.717) is 5.69 Å². The Morgan fingerprint density at radius 3 is 2.32 bits per heavy atom. The molecule has 0 saturated carbocycles. The van der Waals surface area contributed by atoms with E-state index in [2.05, 4.69) is 5.32 Å². The van der Waals surface area contributed by atoms with E-state index in [0.717, 1.165) is 0 Å². The summed E-state index contributed by atoms with van der Waals surface area (Å²) in [5.41, 5.74) is -0.763. The van der Waals surface area contributed by atoms with E-state index in [9.17, 15) is 30.0 Å². The summed E-state index contributed by atoms with van der Waals surface area (Å²) in [6, 6.07) is 6.14. The molecule has 10 nitrogen and oxygen atoms in total. The Hall–Kier alpha value is -2.50. The highest BCUT2D eigenvalue weighted by molar-refractivity contribution is 5.70. The van der Waals surface area contributed by atoms with Gasteiger partial charge in [-0.15, -0.1) is 0 Å². The standard InChI is InChI=1S/C18H21NO9/c1-2-26-17-11(13(22)15(17)24)19-8-3-5-9(6-4-8)27-18-16(25)14(23)12(21)10(7-20)28-18/h3-6,10,12,14,16,18-21,23,25H,2,7H2,1H3/t10?,12?,14-,16+,18?/m0/s1. The molecule has 0 radical (unpaired) electrons. The Kier molecular flexibility index (Phi) is 5.96.